The van der Waals surface area contributed by atoms with Crippen molar-refractivity contribution >= 4 is 34.5 Å². The fourth-order valence-electron chi connectivity index (χ4n) is 1.89. The molecule has 3 nitrogen and oxygen atoms in total. The highest BCUT2D eigenvalue weighted by Gasteiger charge is 2.16. The van der Waals surface area contributed by atoms with Gasteiger partial charge < -0.3 is 10.6 Å². The summed E-state index contributed by atoms with van der Waals surface area (Å²) in [5, 5.41) is 10.1. The molecular weight excluding hydrogens is 278 g/mol. The zero-order valence-corrected chi connectivity index (χ0v) is 12.4. The number of halogens is 1. The molecule has 5 heteroatoms. The van der Waals surface area contributed by atoms with Gasteiger partial charge in [0.15, 0.2) is 0 Å². The topological polar surface area (TPSA) is 53.1 Å². The minimum Gasteiger partial charge on any atom is -0.384 e. The molecule has 1 heterocycles. The molecule has 0 aliphatic rings. The maximum atomic E-state index is 7.42. The molecule has 0 saturated heterocycles. The van der Waals surface area contributed by atoms with Gasteiger partial charge >= 0.3 is 0 Å². The Morgan fingerprint density at radius 2 is 2.16 bits per heavy atom. The summed E-state index contributed by atoms with van der Waals surface area (Å²) in [4.78, 5) is 3.41. The number of amidine groups is 1. The lowest BCUT2D eigenvalue weighted by molar-refractivity contribution is 0.754. The Kier molecular flexibility index (Phi) is 4.12. The summed E-state index contributed by atoms with van der Waals surface area (Å²) in [5.74, 6) is 0.0300. The van der Waals surface area contributed by atoms with Crippen molar-refractivity contribution in [3.05, 3.63) is 51.2 Å². The van der Waals surface area contributed by atoms with E-state index >= 15 is 0 Å². The smallest absolute Gasteiger partial charge is 0.122 e. The third-order valence-electron chi connectivity index (χ3n) is 3.17. The van der Waals surface area contributed by atoms with Crippen LogP contribution in [0.4, 0.5) is 5.69 Å². The first kappa shape index (κ1) is 13.9. The highest BCUT2D eigenvalue weighted by molar-refractivity contribution is 7.10. The fraction of sp³-hybridized carbons (Fsp3) is 0.214. The molecule has 0 amide bonds. The van der Waals surface area contributed by atoms with Gasteiger partial charge in [-0.2, -0.15) is 0 Å². The van der Waals surface area contributed by atoms with Gasteiger partial charge in [0.05, 0.1) is 16.8 Å². The van der Waals surface area contributed by atoms with Crippen LogP contribution in [0.15, 0.2) is 35.7 Å². The number of hydrogen-bond acceptors (Lipinski definition) is 3. The Morgan fingerprint density at radius 3 is 2.68 bits per heavy atom. The number of thiophene rings is 1. The van der Waals surface area contributed by atoms with E-state index in [1.807, 2.05) is 25.2 Å². The van der Waals surface area contributed by atoms with E-state index < -0.39 is 0 Å². The molecular formula is C14H16ClN3S. The largest absolute Gasteiger partial charge is 0.384 e. The number of nitrogens with zero attached hydrogens (tertiary/aromatic N) is 1. The van der Waals surface area contributed by atoms with Crippen LogP contribution in [-0.4, -0.2) is 12.9 Å². The van der Waals surface area contributed by atoms with Crippen molar-refractivity contribution < 1.29 is 0 Å². The third-order valence-corrected chi connectivity index (χ3v) is 4.52. The molecule has 0 saturated carbocycles. The molecule has 0 fully saturated rings. The summed E-state index contributed by atoms with van der Waals surface area (Å²) >= 11 is 8.01. The highest BCUT2D eigenvalue weighted by atomic mass is 35.5. The van der Waals surface area contributed by atoms with Crippen molar-refractivity contribution in [1.29, 1.82) is 5.41 Å². The second kappa shape index (κ2) is 5.63. The molecule has 100 valence electrons. The van der Waals surface area contributed by atoms with Crippen molar-refractivity contribution in [3.8, 4) is 0 Å². The summed E-state index contributed by atoms with van der Waals surface area (Å²) in [6, 6.07) is 9.87. The minimum absolute atomic E-state index is 0.0300. The van der Waals surface area contributed by atoms with E-state index in [2.05, 4.69) is 23.3 Å². The summed E-state index contributed by atoms with van der Waals surface area (Å²) in [6.45, 7) is 2.14. The molecule has 0 aliphatic heterocycles. The van der Waals surface area contributed by atoms with Gasteiger partial charge in [-0.05, 0) is 36.6 Å². The first-order chi connectivity index (χ1) is 9.00. The number of nitrogen functional groups attached to an aromatic ring is 1. The number of benzene rings is 1. The van der Waals surface area contributed by atoms with E-state index in [9.17, 15) is 0 Å². The lowest BCUT2D eigenvalue weighted by Gasteiger charge is -2.27. The van der Waals surface area contributed by atoms with Crippen LogP contribution in [0, 0.1) is 5.41 Å². The Labute approximate surface area is 122 Å². The predicted octanol–water partition coefficient (Wildman–Crippen LogP) is 3.88. The molecule has 0 aliphatic carbocycles. The van der Waals surface area contributed by atoms with E-state index in [-0.39, 0.29) is 11.9 Å². The molecule has 0 radical (unpaired) electrons. The Bertz CT molecular complexity index is 580. The standard InChI is InChI=1S/C14H16ClN3S/c1-9(13-4-3-7-19-13)18(2)12-6-5-10(14(16)17)8-11(12)15/h3-9H,1-2H3,(H3,16,17). The van der Waals surface area contributed by atoms with Crippen LogP contribution >= 0.6 is 22.9 Å². The fourth-order valence-corrected chi connectivity index (χ4v) is 3.03. The average molecular weight is 294 g/mol. The van der Waals surface area contributed by atoms with Gasteiger partial charge in [0, 0.05) is 17.5 Å². The molecule has 1 unspecified atom stereocenters. The van der Waals surface area contributed by atoms with Crippen LogP contribution in [0.5, 0.6) is 0 Å². The van der Waals surface area contributed by atoms with E-state index in [0.29, 0.717) is 10.6 Å². The second-order valence-corrected chi connectivity index (χ2v) is 5.77. The van der Waals surface area contributed by atoms with Crippen LogP contribution in [0.3, 0.4) is 0 Å². The highest BCUT2D eigenvalue weighted by Crippen LogP contribution is 2.33. The van der Waals surface area contributed by atoms with Crippen molar-refractivity contribution in [3.63, 3.8) is 0 Å². The quantitative estimate of drug-likeness (QED) is 0.664. The van der Waals surface area contributed by atoms with Gasteiger partial charge in [0.2, 0.25) is 0 Å². The molecule has 2 rings (SSSR count). The van der Waals surface area contributed by atoms with Crippen LogP contribution < -0.4 is 10.6 Å². The van der Waals surface area contributed by atoms with Gasteiger partial charge in [0.1, 0.15) is 5.84 Å². The Balaban J connectivity index is 2.29. The number of anilines is 1. The predicted molar refractivity (Wildman–Crippen MR) is 83.6 cm³/mol. The maximum Gasteiger partial charge on any atom is 0.122 e. The van der Waals surface area contributed by atoms with Crippen molar-refractivity contribution in [2.45, 2.75) is 13.0 Å². The van der Waals surface area contributed by atoms with Crippen LogP contribution in [0.2, 0.25) is 5.02 Å². The molecule has 0 bridgehead atoms. The van der Waals surface area contributed by atoms with Gasteiger partial charge in [-0.3, -0.25) is 5.41 Å². The number of nitrogens with one attached hydrogen (secondary N) is 1. The summed E-state index contributed by atoms with van der Waals surface area (Å²) < 4.78 is 0. The van der Waals surface area contributed by atoms with E-state index in [4.69, 9.17) is 22.7 Å². The molecule has 1 atom stereocenters. The number of hydrogen-bond donors (Lipinski definition) is 2. The SMILES string of the molecule is CC(c1cccs1)N(C)c1ccc(C(=N)N)cc1Cl. The average Bonchev–Trinajstić information content (AvgIpc) is 2.90. The van der Waals surface area contributed by atoms with Crippen LogP contribution in [0.25, 0.3) is 0 Å². The maximum absolute atomic E-state index is 7.42. The van der Waals surface area contributed by atoms with Gasteiger partial charge in [-0.25, -0.2) is 0 Å². The van der Waals surface area contributed by atoms with Crippen molar-refractivity contribution in [2.24, 2.45) is 5.73 Å². The lowest BCUT2D eigenvalue weighted by Crippen LogP contribution is -2.21. The van der Waals surface area contributed by atoms with Gasteiger partial charge in [0.25, 0.3) is 0 Å². The number of nitrogens with two attached hydrogens (primary N) is 1. The Hall–Kier alpha value is -1.52. The summed E-state index contributed by atoms with van der Waals surface area (Å²) in [7, 11) is 2.01. The van der Waals surface area contributed by atoms with Crippen LogP contribution in [-0.2, 0) is 0 Å². The van der Waals surface area contributed by atoms with Crippen LogP contribution in [0.1, 0.15) is 23.4 Å². The third kappa shape index (κ3) is 2.91. The molecule has 0 spiro atoms. The second-order valence-electron chi connectivity index (χ2n) is 4.38. The van der Waals surface area contributed by atoms with E-state index in [0.717, 1.165) is 5.69 Å². The number of rotatable bonds is 4. The van der Waals surface area contributed by atoms with Crippen molar-refractivity contribution in [1.82, 2.24) is 0 Å². The summed E-state index contributed by atoms with van der Waals surface area (Å²) in [6.07, 6.45) is 0. The first-order valence-electron chi connectivity index (χ1n) is 5.91. The normalized spacial score (nSPS) is 12.2. The molecule has 1 aromatic heterocycles. The molecule has 1 aromatic carbocycles. The zero-order chi connectivity index (χ0) is 14.0. The molecule has 3 N–H and O–H groups in total. The van der Waals surface area contributed by atoms with Gasteiger partial charge in [-0.1, -0.05) is 17.7 Å². The molecule has 19 heavy (non-hydrogen) atoms. The van der Waals surface area contributed by atoms with Crippen molar-refractivity contribution in [2.75, 3.05) is 11.9 Å². The molecule has 2 aromatic rings. The zero-order valence-electron chi connectivity index (χ0n) is 10.9. The Morgan fingerprint density at radius 1 is 1.42 bits per heavy atom. The summed E-state index contributed by atoms with van der Waals surface area (Å²) in [5.41, 5.74) is 7.04. The first-order valence-corrected chi connectivity index (χ1v) is 7.16. The van der Waals surface area contributed by atoms with Gasteiger partial charge in [-0.15, -0.1) is 11.3 Å². The lowest BCUT2D eigenvalue weighted by atomic mass is 10.1. The van der Waals surface area contributed by atoms with E-state index in [1.165, 1.54) is 4.88 Å². The van der Waals surface area contributed by atoms with E-state index in [1.54, 1.807) is 17.4 Å². The minimum atomic E-state index is 0.0300. The monoisotopic (exact) mass is 293 g/mol.